The number of aryl methyl sites for hydroxylation is 2. The van der Waals surface area contributed by atoms with Gasteiger partial charge in [0.15, 0.2) is 0 Å². The number of hydrogen-bond donors (Lipinski definition) is 0. The van der Waals surface area contributed by atoms with E-state index < -0.39 is 6.16 Å². The van der Waals surface area contributed by atoms with Crippen molar-refractivity contribution < 1.29 is 14.3 Å². The second-order valence-electron chi connectivity index (χ2n) is 7.72. The molecule has 0 unspecified atom stereocenters. The van der Waals surface area contributed by atoms with Crippen LogP contribution in [0.4, 0.5) is 4.79 Å². The zero-order chi connectivity index (χ0) is 20.7. The number of hydrogen-bond acceptors (Lipinski definition) is 3. The zero-order valence-electron chi connectivity index (χ0n) is 18.1. The molecule has 0 saturated carbocycles. The smallest absolute Gasteiger partial charge is 0.395 e. The molecule has 0 bridgehead atoms. The van der Waals surface area contributed by atoms with Gasteiger partial charge in [-0.2, -0.15) is 0 Å². The summed E-state index contributed by atoms with van der Waals surface area (Å²) in [5, 5.41) is 0. The molecule has 3 heteroatoms. The van der Waals surface area contributed by atoms with E-state index in [0.717, 1.165) is 19.3 Å². The van der Waals surface area contributed by atoms with Crippen molar-refractivity contribution in [1.29, 1.82) is 0 Å². The normalized spacial score (nSPS) is 10.7. The molecule has 29 heavy (non-hydrogen) atoms. The molecule has 2 aromatic rings. The Morgan fingerprint density at radius 3 is 1.48 bits per heavy atom. The van der Waals surface area contributed by atoms with Crippen LogP contribution in [-0.2, 0) is 12.8 Å². The molecular weight excluding hydrogens is 360 g/mol. The van der Waals surface area contributed by atoms with E-state index in [4.69, 9.17) is 9.47 Å². The third-order valence-corrected chi connectivity index (χ3v) is 5.14. The Morgan fingerprint density at radius 1 is 0.586 bits per heavy atom. The molecule has 2 rings (SSSR count). The summed E-state index contributed by atoms with van der Waals surface area (Å²) >= 11 is 0. The fraction of sp³-hybridized carbons (Fsp3) is 0.500. The summed E-state index contributed by atoms with van der Waals surface area (Å²) in [6.45, 7) is 4.42. The molecule has 0 radical (unpaired) electrons. The highest BCUT2D eigenvalue weighted by atomic mass is 16.7. The van der Waals surface area contributed by atoms with Gasteiger partial charge in [-0.05, 0) is 61.1 Å². The first-order valence-electron chi connectivity index (χ1n) is 11.3. The highest BCUT2D eigenvalue weighted by molar-refractivity contribution is 5.67. The van der Waals surface area contributed by atoms with Gasteiger partial charge in [-0.25, -0.2) is 4.79 Å². The van der Waals surface area contributed by atoms with Gasteiger partial charge in [0.25, 0.3) is 0 Å². The van der Waals surface area contributed by atoms with Crippen molar-refractivity contribution in [3.05, 3.63) is 59.7 Å². The quantitative estimate of drug-likeness (QED) is 0.196. The van der Waals surface area contributed by atoms with Crippen LogP contribution >= 0.6 is 0 Å². The third-order valence-electron chi connectivity index (χ3n) is 5.14. The Bertz CT molecular complexity index is 689. The van der Waals surface area contributed by atoms with E-state index in [1.165, 1.54) is 62.5 Å². The summed E-state index contributed by atoms with van der Waals surface area (Å²) < 4.78 is 10.6. The van der Waals surface area contributed by atoms with Gasteiger partial charge in [-0.1, -0.05) is 83.1 Å². The predicted molar refractivity (Wildman–Crippen MR) is 120 cm³/mol. The van der Waals surface area contributed by atoms with E-state index in [-0.39, 0.29) is 0 Å². The molecule has 3 nitrogen and oxygen atoms in total. The van der Waals surface area contributed by atoms with E-state index in [1.54, 1.807) is 0 Å². The fourth-order valence-electron chi connectivity index (χ4n) is 3.33. The van der Waals surface area contributed by atoms with E-state index >= 15 is 0 Å². The van der Waals surface area contributed by atoms with Gasteiger partial charge in [0.05, 0.1) is 0 Å². The first-order chi connectivity index (χ1) is 14.2. The molecule has 0 spiro atoms. The van der Waals surface area contributed by atoms with Crippen LogP contribution in [0, 0.1) is 0 Å². The molecule has 0 fully saturated rings. The predicted octanol–water partition coefficient (Wildman–Crippen LogP) is 7.90. The third kappa shape index (κ3) is 9.65. The molecule has 0 heterocycles. The molecule has 158 valence electrons. The highest BCUT2D eigenvalue weighted by Gasteiger charge is 2.08. The van der Waals surface area contributed by atoms with E-state index in [9.17, 15) is 4.79 Å². The standard InChI is InChI=1S/C26H36O3/c1-3-5-7-8-9-10-11-13-23-16-20-25(21-17-23)29-26(27)28-24-18-14-22(15-19-24)12-6-4-2/h14-21H,3-13H2,1-2H3. The number of rotatable bonds is 13. The van der Waals surface area contributed by atoms with Crippen LogP contribution in [0.5, 0.6) is 11.5 Å². The molecule has 2 aromatic carbocycles. The van der Waals surface area contributed by atoms with Crippen molar-refractivity contribution >= 4 is 6.16 Å². The molecule has 0 N–H and O–H groups in total. The van der Waals surface area contributed by atoms with Crippen LogP contribution in [-0.4, -0.2) is 6.16 Å². The minimum atomic E-state index is -0.703. The van der Waals surface area contributed by atoms with Crippen LogP contribution in [0.25, 0.3) is 0 Å². The molecule has 0 aliphatic heterocycles. The fourth-order valence-corrected chi connectivity index (χ4v) is 3.33. The van der Waals surface area contributed by atoms with E-state index in [0.29, 0.717) is 11.5 Å². The lowest BCUT2D eigenvalue weighted by Gasteiger charge is -2.07. The molecular formula is C26H36O3. The van der Waals surface area contributed by atoms with Crippen LogP contribution in [0.1, 0.15) is 82.8 Å². The van der Waals surface area contributed by atoms with Gasteiger partial charge in [0, 0.05) is 0 Å². The van der Waals surface area contributed by atoms with Crippen molar-refractivity contribution in [2.45, 2.75) is 84.5 Å². The summed E-state index contributed by atoms with van der Waals surface area (Å²) in [6.07, 6.45) is 12.9. The monoisotopic (exact) mass is 396 g/mol. The highest BCUT2D eigenvalue weighted by Crippen LogP contribution is 2.18. The molecule has 0 amide bonds. The molecule has 0 aliphatic rings. The molecule has 0 aromatic heterocycles. The maximum absolute atomic E-state index is 12.0. The Morgan fingerprint density at radius 2 is 1.00 bits per heavy atom. The maximum Gasteiger partial charge on any atom is 0.519 e. The van der Waals surface area contributed by atoms with Crippen molar-refractivity contribution in [2.75, 3.05) is 0 Å². The number of ether oxygens (including phenoxy) is 2. The molecule has 0 saturated heterocycles. The SMILES string of the molecule is CCCCCCCCCc1ccc(OC(=O)Oc2ccc(CCCC)cc2)cc1. The Balaban J connectivity index is 1.68. The maximum atomic E-state index is 12.0. The van der Waals surface area contributed by atoms with Crippen molar-refractivity contribution in [2.24, 2.45) is 0 Å². The minimum Gasteiger partial charge on any atom is -0.395 e. The van der Waals surface area contributed by atoms with Crippen LogP contribution in [0.15, 0.2) is 48.5 Å². The van der Waals surface area contributed by atoms with Crippen LogP contribution in [0.2, 0.25) is 0 Å². The number of benzene rings is 2. The van der Waals surface area contributed by atoms with Gasteiger partial charge >= 0.3 is 6.16 Å². The lowest BCUT2D eigenvalue weighted by Crippen LogP contribution is -2.13. The van der Waals surface area contributed by atoms with Crippen molar-refractivity contribution in [3.8, 4) is 11.5 Å². The van der Waals surface area contributed by atoms with Crippen LogP contribution < -0.4 is 9.47 Å². The topological polar surface area (TPSA) is 35.5 Å². The lowest BCUT2D eigenvalue weighted by atomic mass is 10.0. The average molecular weight is 397 g/mol. The molecule has 0 aliphatic carbocycles. The minimum absolute atomic E-state index is 0.505. The van der Waals surface area contributed by atoms with E-state index in [2.05, 4.69) is 13.8 Å². The van der Waals surface area contributed by atoms with Gasteiger partial charge in [0.2, 0.25) is 0 Å². The van der Waals surface area contributed by atoms with Gasteiger partial charge in [0.1, 0.15) is 11.5 Å². The first kappa shape index (κ1) is 23.0. The summed E-state index contributed by atoms with van der Waals surface area (Å²) in [4.78, 5) is 12.0. The number of carbonyl (C=O) groups excluding carboxylic acids is 1. The van der Waals surface area contributed by atoms with Crippen molar-refractivity contribution in [1.82, 2.24) is 0 Å². The lowest BCUT2D eigenvalue weighted by molar-refractivity contribution is 0.152. The zero-order valence-corrected chi connectivity index (χ0v) is 18.1. The average Bonchev–Trinajstić information content (AvgIpc) is 2.74. The summed E-state index contributed by atoms with van der Waals surface area (Å²) in [5.41, 5.74) is 2.53. The Kier molecular flexibility index (Phi) is 11.0. The summed E-state index contributed by atoms with van der Waals surface area (Å²) in [7, 11) is 0. The van der Waals surface area contributed by atoms with Gasteiger partial charge in [-0.15, -0.1) is 0 Å². The second kappa shape index (κ2) is 13.8. The molecule has 0 atom stereocenters. The summed E-state index contributed by atoms with van der Waals surface area (Å²) in [6, 6.07) is 15.4. The number of carbonyl (C=O) groups is 1. The van der Waals surface area contributed by atoms with Gasteiger partial charge < -0.3 is 9.47 Å². The van der Waals surface area contributed by atoms with Gasteiger partial charge in [-0.3, -0.25) is 0 Å². The number of unbranched alkanes of at least 4 members (excludes halogenated alkanes) is 7. The summed E-state index contributed by atoms with van der Waals surface area (Å²) in [5.74, 6) is 1.02. The van der Waals surface area contributed by atoms with Crippen molar-refractivity contribution in [3.63, 3.8) is 0 Å². The Hall–Kier alpha value is -2.29. The van der Waals surface area contributed by atoms with Crippen LogP contribution in [0.3, 0.4) is 0 Å². The largest absolute Gasteiger partial charge is 0.519 e. The Labute approximate surface area is 176 Å². The second-order valence-corrected chi connectivity index (χ2v) is 7.72. The first-order valence-corrected chi connectivity index (χ1v) is 11.3. The van der Waals surface area contributed by atoms with E-state index in [1.807, 2.05) is 48.5 Å².